The number of nitrogens with zero attached hydrogens (tertiary/aromatic N) is 2. The first kappa shape index (κ1) is 13.5. The maximum atomic E-state index is 5.62. The van der Waals surface area contributed by atoms with Crippen LogP contribution in [-0.2, 0) is 17.8 Å². The van der Waals surface area contributed by atoms with Crippen LogP contribution in [0.2, 0.25) is 0 Å². The summed E-state index contributed by atoms with van der Waals surface area (Å²) in [4.78, 5) is 6.67. The second-order valence-corrected chi connectivity index (χ2v) is 5.33. The van der Waals surface area contributed by atoms with Gasteiger partial charge in [-0.2, -0.15) is 0 Å². The van der Waals surface area contributed by atoms with E-state index in [2.05, 4.69) is 28.9 Å². The normalized spacial score (nSPS) is 25.3. The molecule has 1 aromatic rings. The number of likely N-dealkylation sites (tertiary alicyclic amines) is 1. The molecule has 4 heteroatoms. The van der Waals surface area contributed by atoms with Gasteiger partial charge in [0.1, 0.15) is 0 Å². The molecule has 1 fully saturated rings. The van der Waals surface area contributed by atoms with Crippen LogP contribution in [0.15, 0.2) is 18.3 Å². The van der Waals surface area contributed by atoms with Gasteiger partial charge in [0.2, 0.25) is 0 Å². The Labute approximate surface area is 109 Å². The lowest BCUT2D eigenvalue weighted by Gasteiger charge is -2.39. The van der Waals surface area contributed by atoms with Gasteiger partial charge in [0.25, 0.3) is 0 Å². The Kier molecular flexibility index (Phi) is 4.32. The molecule has 2 rings (SSSR count). The molecule has 1 unspecified atom stereocenters. The molecule has 1 aliphatic rings. The van der Waals surface area contributed by atoms with E-state index in [0.29, 0.717) is 6.54 Å². The Balaban J connectivity index is 2.00. The molecule has 0 amide bonds. The Morgan fingerprint density at radius 1 is 1.56 bits per heavy atom. The van der Waals surface area contributed by atoms with Gasteiger partial charge in [0.15, 0.2) is 0 Å². The van der Waals surface area contributed by atoms with Crippen LogP contribution in [0, 0.1) is 0 Å². The van der Waals surface area contributed by atoms with Crippen molar-refractivity contribution in [3.8, 4) is 0 Å². The molecule has 0 bridgehead atoms. The Morgan fingerprint density at radius 2 is 2.39 bits per heavy atom. The van der Waals surface area contributed by atoms with Gasteiger partial charge in [0.05, 0.1) is 11.3 Å². The van der Waals surface area contributed by atoms with Crippen molar-refractivity contribution in [3.63, 3.8) is 0 Å². The van der Waals surface area contributed by atoms with E-state index in [1.54, 1.807) is 0 Å². The molecule has 100 valence electrons. The summed E-state index contributed by atoms with van der Waals surface area (Å²) in [6.45, 7) is 5.78. The summed E-state index contributed by atoms with van der Waals surface area (Å²) >= 11 is 0. The van der Waals surface area contributed by atoms with E-state index >= 15 is 0 Å². The fourth-order valence-corrected chi connectivity index (χ4v) is 2.61. The monoisotopic (exact) mass is 249 g/mol. The molecule has 1 saturated heterocycles. The third kappa shape index (κ3) is 3.28. The van der Waals surface area contributed by atoms with Gasteiger partial charge in [-0.15, -0.1) is 0 Å². The average molecular weight is 249 g/mol. The van der Waals surface area contributed by atoms with E-state index in [0.717, 1.165) is 31.7 Å². The van der Waals surface area contributed by atoms with Crippen molar-refractivity contribution in [2.75, 3.05) is 20.2 Å². The highest BCUT2D eigenvalue weighted by Crippen LogP contribution is 2.24. The van der Waals surface area contributed by atoms with Crippen LogP contribution in [0.5, 0.6) is 0 Å². The van der Waals surface area contributed by atoms with Crippen molar-refractivity contribution in [1.82, 2.24) is 9.88 Å². The summed E-state index contributed by atoms with van der Waals surface area (Å²) < 4.78 is 5.62. The number of pyridine rings is 1. The second-order valence-electron chi connectivity index (χ2n) is 5.33. The van der Waals surface area contributed by atoms with E-state index in [4.69, 9.17) is 10.5 Å². The number of methoxy groups -OCH3 is 1. The predicted molar refractivity (Wildman–Crippen MR) is 72.1 cm³/mol. The van der Waals surface area contributed by atoms with Gasteiger partial charge in [-0.1, -0.05) is 0 Å². The quantitative estimate of drug-likeness (QED) is 0.879. The van der Waals surface area contributed by atoms with Crippen LogP contribution >= 0.6 is 0 Å². The Bertz CT molecular complexity index is 396. The molecule has 0 aliphatic carbocycles. The van der Waals surface area contributed by atoms with Crippen LogP contribution in [0.25, 0.3) is 0 Å². The molecule has 4 nitrogen and oxygen atoms in total. The van der Waals surface area contributed by atoms with Crippen molar-refractivity contribution < 1.29 is 4.74 Å². The standard InChI is InChI=1S/C14H23N3O/c1-14(18-2)5-3-7-17(11-14)10-12-4-6-16-13(8-12)9-15/h4,6,8H,3,5,7,9-11,15H2,1-2H3. The third-order valence-corrected chi connectivity index (χ3v) is 3.73. The van der Waals surface area contributed by atoms with E-state index in [9.17, 15) is 0 Å². The summed E-state index contributed by atoms with van der Waals surface area (Å²) in [5.41, 5.74) is 7.86. The zero-order valence-electron chi connectivity index (χ0n) is 11.4. The summed E-state index contributed by atoms with van der Waals surface area (Å²) in [5, 5.41) is 0. The zero-order valence-corrected chi connectivity index (χ0v) is 11.4. The van der Waals surface area contributed by atoms with Crippen molar-refractivity contribution in [3.05, 3.63) is 29.6 Å². The van der Waals surface area contributed by atoms with E-state index in [1.807, 2.05) is 13.3 Å². The van der Waals surface area contributed by atoms with Crippen LogP contribution in [0.3, 0.4) is 0 Å². The van der Waals surface area contributed by atoms with Gasteiger partial charge in [-0.05, 0) is 44.0 Å². The molecular weight excluding hydrogens is 226 g/mol. The van der Waals surface area contributed by atoms with Gasteiger partial charge < -0.3 is 10.5 Å². The molecule has 0 saturated carbocycles. The van der Waals surface area contributed by atoms with Gasteiger partial charge >= 0.3 is 0 Å². The van der Waals surface area contributed by atoms with E-state index in [-0.39, 0.29) is 5.60 Å². The minimum atomic E-state index is 0.00196. The van der Waals surface area contributed by atoms with Crippen LogP contribution in [0.1, 0.15) is 31.0 Å². The first-order valence-corrected chi connectivity index (χ1v) is 6.56. The molecule has 0 spiro atoms. The molecule has 0 aromatic carbocycles. The largest absolute Gasteiger partial charge is 0.377 e. The molecule has 0 radical (unpaired) electrons. The number of hydrogen-bond donors (Lipinski definition) is 1. The lowest BCUT2D eigenvalue weighted by atomic mass is 9.94. The lowest BCUT2D eigenvalue weighted by Crippen LogP contribution is -2.46. The second kappa shape index (κ2) is 5.78. The highest BCUT2D eigenvalue weighted by molar-refractivity contribution is 5.16. The summed E-state index contributed by atoms with van der Waals surface area (Å²) in [5.74, 6) is 0. The number of aromatic nitrogens is 1. The summed E-state index contributed by atoms with van der Waals surface area (Å²) in [6.07, 6.45) is 4.18. The summed E-state index contributed by atoms with van der Waals surface area (Å²) in [7, 11) is 1.81. The molecule has 2 heterocycles. The summed E-state index contributed by atoms with van der Waals surface area (Å²) in [6, 6.07) is 4.16. The van der Waals surface area contributed by atoms with E-state index in [1.165, 1.54) is 12.0 Å². The molecule has 1 aliphatic heterocycles. The number of nitrogens with two attached hydrogens (primary N) is 1. The Hall–Kier alpha value is -0.970. The number of rotatable bonds is 4. The van der Waals surface area contributed by atoms with Gasteiger partial charge in [0, 0.05) is 32.9 Å². The first-order valence-electron chi connectivity index (χ1n) is 6.56. The SMILES string of the molecule is COC1(C)CCCN(Cc2ccnc(CN)c2)C1. The topological polar surface area (TPSA) is 51.4 Å². The number of ether oxygens (including phenoxy) is 1. The number of piperidine rings is 1. The third-order valence-electron chi connectivity index (χ3n) is 3.73. The van der Waals surface area contributed by atoms with Crippen molar-refractivity contribution >= 4 is 0 Å². The van der Waals surface area contributed by atoms with Crippen LogP contribution in [-0.4, -0.2) is 35.7 Å². The predicted octanol–water partition coefficient (Wildman–Crippen LogP) is 1.54. The fraction of sp³-hybridized carbons (Fsp3) is 0.643. The lowest BCUT2D eigenvalue weighted by molar-refractivity contribution is -0.0527. The van der Waals surface area contributed by atoms with Crippen LogP contribution < -0.4 is 5.73 Å². The van der Waals surface area contributed by atoms with Crippen molar-refractivity contribution in [1.29, 1.82) is 0 Å². The van der Waals surface area contributed by atoms with Crippen molar-refractivity contribution in [2.24, 2.45) is 5.73 Å². The minimum Gasteiger partial charge on any atom is -0.377 e. The van der Waals surface area contributed by atoms with E-state index < -0.39 is 0 Å². The zero-order chi connectivity index (χ0) is 13.0. The maximum Gasteiger partial charge on any atom is 0.0777 e. The average Bonchev–Trinajstić information content (AvgIpc) is 2.39. The fourth-order valence-electron chi connectivity index (χ4n) is 2.61. The number of hydrogen-bond acceptors (Lipinski definition) is 4. The highest BCUT2D eigenvalue weighted by Gasteiger charge is 2.30. The van der Waals surface area contributed by atoms with Crippen molar-refractivity contribution in [2.45, 2.75) is 38.5 Å². The maximum absolute atomic E-state index is 5.62. The van der Waals surface area contributed by atoms with Gasteiger partial charge in [-0.25, -0.2) is 0 Å². The highest BCUT2D eigenvalue weighted by atomic mass is 16.5. The molecule has 2 N–H and O–H groups in total. The molecular formula is C14H23N3O. The smallest absolute Gasteiger partial charge is 0.0777 e. The Morgan fingerprint density at radius 3 is 3.11 bits per heavy atom. The minimum absolute atomic E-state index is 0.00196. The molecule has 1 atom stereocenters. The first-order chi connectivity index (χ1) is 8.65. The molecule has 1 aromatic heterocycles. The molecule has 18 heavy (non-hydrogen) atoms. The van der Waals surface area contributed by atoms with Gasteiger partial charge in [-0.3, -0.25) is 9.88 Å². The van der Waals surface area contributed by atoms with Crippen LogP contribution in [0.4, 0.5) is 0 Å².